The lowest BCUT2D eigenvalue weighted by atomic mass is 10.0. The summed E-state index contributed by atoms with van der Waals surface area (Å²) in [5, 5.41) is 6.27. The molecule has 1 saturated heterocycles. The third-order valence-electron chi connectivity index (χ3n) is 2.73. The Morgan fingerprint density at radius 1 is 1.59 bits per heavy atom. The van der Waals surface area contributed by atoms with Gasteiger partial charge in [-0.1, -0.05) is 19.0 Å². The molecule has 6 heteroatoms. The van der Waals surface area contributed by atoms with Crippen molar-refractivity contribution in [1.29, 1.82) is 0 Å². The monoisotopic (exact) mass is 237 g/mol. The number of aromatic nitrogens is 1. The van der Waals surface area contributed by atoms with Gasteiger partial charge in [0.2, 0.25) is 11.8 Å². The molecule has 0 aliphatic carbocycles. The molecule has 92 valence electrons. The first-order valence-electron chi connectivity index (χ1n) is 5.55. The largest absolute Gasteiger partial charge is 0.360 e. The summed E-state index contributed by atoms with van der Waals surface area (Å²) in [6.45, 7) is 4.17. The maximum atomic E-state index is 12.1. The molecule has 2 rings (SSSR count). The van der Waals surface area contributed by atoms with Crippen LogP contribution in [0.15, 0.2) is 16.8 Å². The molecule has 1 unspecified atom stereocenters. The van der Waals surface area contributed by atoms with Crippen LogP contribution in [-0.4, -0.2) is 34.5 Å². The second kappa shape index (κ2) is 4.57. The number of carbonyl (C=O) groups is 2. The van der Waals surface area contributed by atoms with E-state index in [4.69, 9.17) is 4.52 Å². The van der Waals surface area contributed by atoms with Gasteiger partial charge in [-0.2, -0.15) is 0 Å². The van der Waals surface area contributed by atoms with Crippen LogP contribution in [0.2, 0.25) is 0 Å². The van der Waals surface area contributed by atoms with E-state index in [1.807, 2.05) is 13.8 Å². The Balaban J connectivity index is 2.10. The van der Waals surface area contributed by atoms with Crippen molar-refractivity contribution in [2.45, 2.75) is 26.4 Å². The van der Waals surface area contributed by atoms with Crippen LogP contribution in [0.25, 0.3) is 0 Å². The van der Waals surface area contributed by atoms with Gasteiger partial charge in [-0.3, -0.25) is 9.59 Å². The van der Waals surface area contributed by atoms with Gasteiger partial charge in [0.25, 0.3) is 0 Å². The molecule has 1 aromatic heterocycles. The van der Waals surface area contributed by atoms with E-state index >= 15 is 0 Å². The molecule has 0 saturated carbocycles. The van der Waals surface area contributed by atoms with Crippen LogP contribution in [0.3, 0.4) is 0 Å². The summed E-state index contributed by atoms with van der Waals surface area (Å²) in [7, 11) is 0. The smallest absolute Gasteiger partial charge is 0.246 e. The fourth-order valence-corrected chi connectivity index (χ4v) is 1.83. The molecule has 1 atom stereocenters. The molecule has 0 radical (unpaired) electrons. The molecule has 0 bridgehead atoms. The second-order valence-electron chi connectivity index (χ2n) is 4.46. The first kappa shape index (κ1) is 11.6. The second-order valence-corrected chi connectivity index (χ2v) is 4.46. The van der Waals surface area contributed by atoms with Crippen molar-refractivity contribution in [1.82, 2.24) is 15.4 Å². The Morgan fingerprint density at radius 3 is 2.94 bits per heavy atom. The number of hydrogen-bond donors (Lipinski definition) is 1. The fraction of sp³-hybridized carbons (Fsp3) is 0.545. The van der Waals surface area contributed by atoms with Gasteiger partial charge >= 0.3 is 0 Å². The van der Waals surface area contributed by atoms with Gasteiger partial charge in [0.05, 0.1) is 12.7 Å². The SMILES string of the molecule is CC(C)C1NC(=O)CN(Cc2ccno2)C1=O. The molecule has 0 spiro atoms. The lowest BCUT2D eigenvalue weighted by Crippen LogP contribution is -2.59. The maximum Gasteiger partial charge on any atom is 0.246 e. The molecular weight excluding hydrogens is 222 g/mol. The highest BCUT2D eigenvalue weighted by atomic mass is 16.5. The summed E-state index contributed by atoms with van der Waals surface area (Å²) in [5.74, 6) is 0.443. The van der Waals surface area contributed by atoms with E-state index in [-0.39, 0.29) is 30.8 Å². The molecule has 1 aromatic rings. The summed E-state index contributed by atoms with van der Waals surface area (Å²) >= 11 is 0. The molecule has 1 fully saturated rings. The first-order valence-corrected chi connectivity index (χ1v) is 5.55. The molecular formula is C11H15N3O3. The normalized spacial score (nSPS) is 20.9. The number of carbonyl (C=O) groups excluding carboxylic acids is 2. The zero-order valence-electron chi connectivity index (χ0n) is 9.84. The third kappa shape index (κ3) is 2.46. The van der Waals surface area contributed by atoms with Crippen molar-refractivity contribution >= 4 is 11.8 Å². The Bertz CT molecular complexity index is 414. The highest BCUT2D eigenvalue weighted by Crippen LogP contribution is 2.13. The standard InChI is InChI=1S/C11H15N3O3/c1-7(2)10-11(16)14(6-9(15)13-10)5-8-3-4-12-17-8/h3-4,7,10H,5-6H2,1-2H3,(H,13,15). The molecule has 2 amide bonds. The number of hydrogen-bond acceptors (Lipinski definition) is 4. The van der Waals surface area contributed by atoms with E-state index in [0.717, 1.165) is 0 Å². The van der Waals surface area contributed by atoms with Crippen LogP contribution < -0.4 is 5.32 Å². The Morgan fingerprint density at radius 2 is 2.35 bits per heavy atom. The average Bonchev–Trinajstić information content (AvgIpc) is 2.75. The summed E-state index contributed by atoms with van der Waals surface area (Å²) in [6, 6.07) is 1.24. The minimum Gasteiger partial charge on any atom is -0.360 e. The number of amides is 2. The topological polar surface area (TPSA) is 75.4 Å². The highest BCUT2D eigenvalue weighted by molar-refractivity contribution is 5.94. The third-order valence-corrected chi connectivity index (χ3v) is 2.73. The van der Waals surface area contributed by atoms with Crippen molar-refractivity contribution < 1.29 is 14.1 Å². The molecule has 17 heavy (non-hydrogen) atoms. The number of rotatable bonds is 3. The molecule has 1 N–H and O–H groups in total. The van der Waals surface area contributed by atoms with Crippen LogP contribution in [-0.2, 0) is 16.1 Å². The lowest BCUT2D eigenvalue weighted by molar-refractivity contribution is -0.146. The highest BCUT2D eigenvalue weighted by Gasteiger charge is 2.34. The van der Waals surface area contributed by atoms with E-state index in [0.29, 0.717) is 5.76 Å². The van der Waals surface area contributed by atoms with E-state index in [9.17, 15) is 9.59 Å². The van der Waals surface area contributed by atoms with Crippen molar-refractivity contribution in [3.05, 3.63) is 18.0 Å². The summed E-state index contributed by atoms with van der Waals surface area (Å²) < 4.78 is 4.94. The van der Waals surface area contributed by atoms with Crippen LogP contribution >= 0.6 is 0 Å². The predicted octanol–water partition coefficient (Wildman–Crippen LogP) is 0.158. The summed E-state index contributed by atoms with van der Waals surface area (Å²) in [4.78, 5) is 25.1. The Labute approximate surface area is 98.9 Å². The minimum absolute atomic E-state index is 0.0722. The molecule has 0 aromatic carbocycles. The predicted molar refractivity (Wildman–Crippen MR) is 58.7 cm³/mol. The van der Waals surface area contributed by atoms with E-state index in [1.54, 1.807) is 6.07 Å². The molecule has 6 nitrogen and oxygen atoms in total. The number of nitrogens with one attached hydrogen (secondary N) is 1. The van der Waals surface area contributed by atoms with E-state index in [2.05, 4.69) is 10.5 Å². The van der Waals surface area contributed by atoms with Gasteiger partial charge in [0.1, 0.15) is 12.6 Å². The van der Waals surface area contributed by atoms with Gasteiger partial charge in [-0.25, -0.2) is 0 Å². The van der Waals surface area contributed by atoms with E-state index in [1.165, 1.54) is 11.1 Å². The maximum absolute atomic E-state index is 12.1. The number of nitrogens with zero attached hydrogens (tertiary/aromatic N) is 2. The van der Waals surface area contributed by atoms with Gasteiger partial charge in [0, 0.05) is 6.07 Å². The lowest BCUT2D eigenvalue weighted by Gasteiger charge is -2.33. The van der Waals surface area contributed by atoms with Crippen molar-refractivity contribution in [2.75, 3.05) is 6.54 Å². The van der Waals surface area contributed by atoms with Gasteiger partial charge < -0.3 is 14.7 Å². The Hall–Kier alpha value is -1.85. The van der Waals surface area contributed by atoms with Crippen molar-refractivity contribution in [3.8, 4) is 0 Å². The molecule has 1 aliphatic rings. The molecule has 1 aliphatic heterocycles. The van der Waals surface area contributed by atoms with Crippen molar-refractivity contribution in [3.63, 3.8) is 0 Å². The average molecular weight is 237 g/mol. The quantitative estimate of drug-likeness (QED) is 0.812. The van der Waals surface area contributed by atoms with Crippen LogP contribution in [0.5, 0.6) is 0 Å². The van der Waals surface area contributed by atoms with Gasteiger partial charge in [-0.05, 0) is 5.92 Å². The van der Waals surface area contributed by atoms with Crippen LogP contribution in [0.1, 0.15) is 19.6 Å². The first-order chi connectivity index (χ1) is 8.08. The minimum atomic E-state index is -0.445. The zero-order chi connectivity index (χ0) is 12.4. The van der Waals surface area contributed by atoms with Crippen LogP contribution in [0, 0.1) is 5.92 Å². The van der Waals surface area contributed by atoms with Gasteiger partial charge in [-0.15, -0.1) is 0 Å². The Kier molecular flexibility index (Phi) is 3.12. The summed E-state index contributed by atoms with van der Waals surface area (Å²) in [6.07, 6.45) is 1.52. The zero-order valence-corrected chi connectivity index (χ0v) is 9.84. The number of piperazine rings is 1. The van der Waals surface area contributed by atoms with Crippen molar-refractivity contribution in [2.24, 2.45) is 5.92 Å². The molecule has 2 heterocycles. The summed E-state index contributed by atoms with van der Waals surface area (Å²) in [5.41, 5.74) is 0. The van der Waals surface area contributed by atoms with Gasteiger partial charge in [0.15, 0.2) is 5.76 Å². The fourth-order valence-electron chi connectivity index (χ4n) is 1.83. The van der Waals surface area contributed by atoms with Crippen LogP contribution in [0.4, 0.5) is 0 Å². The van der Waals surface area contributed by atoms with E-state index < -0.39 is 6.04 Å².